The number of rotatable bonds is 9. The highest BCUT2D eigenvalue weighted by Gasteiger charge is 2.03. The molecule has 0 aliphatic heterocycles. The van der Waals surface area contributed by atoms with Gasteiger partial charge in [0.1, 0.15) is 9.84 Å². The Bertz CT molecular complexity index is 366. The molecule has 0 heterocycles. The van der Waals surface area contributed by atoms with Gasteiger partial charge in [-0.05, 0) is 19.3 Å². The highest BCUT2D eigenvalue weighted by atomic mass is 32.2. The number of aliphatic carboxylic acids is 1. The molecule has 0 aliphatic rings. The summed E-state index contributed by atoms with van der Waals surface area (Å²) in [4.78, 5) is 21.4. The van der Waals surface area contributed by atoms with Gasteiger partial charge in [-0.25, -0.2) is 13.2 Å². The SMILES string of the molecule is CS(=O)(=O)CCCNC(=O)NCCCCC(=O)O. The van der Waals surface area contributed by atoms with Gasteiger partial charge in [-0.15, -0.1) is 0 Å². The molecule has 0 bridgehead atoms. The normalized spacial score (nSPS) is 10.9. The highest BCUT2D eigenvalue weighted by Crippen LogP contribution is 1.93. The fourth-order valence-electron chi connectivity index (χ4n) is 1.20. The van der Waals surface area contributed by atoms with Crippen LogP contribution in [0.3, 0.4) is 0 Å². The van der Waals surface area contributed by atoms with Crippen LogP contribution >= 0.6 is 0 Å². The number of sulfone groups is 1. The predicted octanol–water partition coefficient (Wildman–Crippen LogP) is -0.0248. The molecule has 7 nitrogen and oxygen atoms in total. The van der Waals surface area contributed by atoms with E-state index in [4.69, 9.17) is 5.11 Å². The zero-order chi connectivity index (χ0) is 14.0. The average Bonchev–Trinajstić information content (AvgIpc) is 2.22. The summed E-state index contributed by atoms with van der Waals surface area (Å²) in [6.45, 7) is 0.708. The summed E-state index contributed by atoms with van der Waals surface area (Å²) in [6, 6.07) is -0.362. The summed E-state index contributed by atoms with van der Waals surface area (Å²) in [5.41, 5.74) is 0. The molecular formula is C10H20N2O5S. The molecule has 0 saturated heterocycles. The van der Waals surface area contributed by atoms with E-state index in [2.05, 4.69) is 10.6 Å². The first-order chi connectivity index (χ1) is 8.31. The van der Waals surface area contributed by atoms with E-state index in [1.54, 1.807) is 0 Å². The molecule has 0 aliphatic carbocycles. The number of carboxylic acid groups (broad SMARTS) is 1. The van der Waals surface area contributed by atoms with Crippen molar-refractivity contribution >= 4 is 21.8 Å². The van der Waals surface area contributed by atoms with E-state index >= 15 is 0 Å². The minimum absolute atomic E-state index is 0.0475. The molecular weight excluding hydrogens is 260 g/mol. The number of carbonyl (C=O) groups excluding carboxylic acids is 1. The molecule has 8 heteroatoms. The number of nitrogens with one attached hydrogen (secondary N) is 2. The quantitative estimate of drug-likeness (QED) is 0.514. The lowest BCUT2D eigenvalue weighted by molar-refractivity contribution is -0.137. The lowest BCUT2D eigenvalue weighted by Gasteiger charge is -2.06. The molecule has 0 aromatic rings. The standard InChI is InChI=1S/C10H20N2O5S/c1-18(16,17)8-4-7-12-10(15)11-6-3-2-5-9(13)14/h2-8H2,1H3,(H,13,14)(H2,11,12,15). The Balaban J connectivity index is 3.41. The molecule has 106 valence electrons. The minimum Gasteiger partial charge on any atom is -0.481 e. The van der Waals surface area contributed by atoms with Gasteiger partial charge in [0.25, 0.3) is 0 Å². The van der Waals surface area contributed by atoms with Gasteiger partial charge < -0.3 is 15.7 Å². The zero-order valence-corrected chi connectivity index (χ0v) is 11.3. The Labute approximate surface area is 107 Å². The maximum Gasteiger partial charge on any atom is 0.314 e. The number of carbonyl (C=O) groups is 2. The molecule has 2 amide bonds. The Morgan fingerprint density at radius 2 is 1.61 bits per heavy atom. The third-order valence-electron chi connectivity index (χ3n) is 2.08. The molecule has 0 unspecified atom stereocenters. The van der Waals surface area contributed by atoms with Gasteiger partial charge in [0, 0.05) is 25.8 Å². The van der Waals surface area contributed by atoms with Crippen molar-refractivity contribution in [1.82, 2.24) is 10.6 Å². The predicted molar refractivity (Wildman–Crippen MR) is 67.2 cm³/mol. The van der Waals surface area contributed by atoms with E-state index in [0.29, 0.717) is 32.4 Å². The summed E-state index contributed by atoms with van der Waals surface area (Å²) in [5.74, 6) is -0.800. The number of carboxylic acids is 1. The summed E-state index contributed by atoms with van der Waals surface area (Å²) in [6.07, 6.45) is 2.74. The Morgan fingerprint density at radius 1 is 1.06 bits per heavy atom. The van der Waals surface area contributed by atoms with Crippen molar-refractivity contribution in [2.75, 3.05) is 25.1 Å². The Hall–Kier alpha value is -1.31. The largest absolute Gasteiger partial charge is 0.481 e. The van der Waals surface area contributed by atoms with Crippen LogP contribution in [0.5, 0.6) is 0 Å². The lowest BCUT2D eigenvalue weighted by Crippen LogP contribution is -2.37. The van der Waals surface area contributed by atoms with Crippen molar-refractivity contribution in [2.45, 2.75) is 25.7 Å². The van der Waals surface area contributed by atoms with Crippen molar-refractivity contribution in [2.24, 2.45) is 0 Å². The second-order valence-electron chi connectivity index (χ2n) is 4.02. The zero-order valence-electron chi connectivity index (χ0n) is 10.4. The molecule has 0 saturated carbocycles. The first-order valence-corrected chi connectivity index (χ1v) is 7.78. The van der Waals surface area contributed by atoms with Crippen LogP contribution in [-0.4, -0.2) is 50.6 Å². The van der Waals surface area contributed by atoms with Crippen LogP contribution in [0.15, 0.2) is 0 Å². The molecule has 0 atom stereocenters. The minimum atomic E-state index is -2.98. The van der Waals surface area contributed by atoms with E-state index in [-0.39, 0.29) is 18.2 Å². The van der Waals surface area contributed by atoms with Gasteiger partial charge >= 0.3 is 12.0 Å². The van der Waals surface area contributed by atoms with Gasteiger partial charge in [0.05, 0.1) is 5.75 Å². The number of hydrogen-bond donors (Lipinski definition) is 3. The number of hydrogen-bond acceptors (Lipinski definition) is 4. The van der Waals surface area contributed by atoms with E-state index in [1.165, 1.54) is 0 Å². The average molecular weight is 280 g/mol. The van der Waals surface area contributed by atoms with E-state index in [1.807, 2.05) is 0 Å². The summed E-state index contributed by atoms with van der Waals surface area (Å²) < 4.78 is 21.6. The van der Waals surface area contributed by atoms with Gasteiger partial charge in [-0.1, -0.05) is 0 Å². The lowest BCUT2D eigenvalue weighted by atomic mass is 10.2. The summed E-state index contributed by atoms with van der Waals surface area (Å²) >= 11 is 0. The summed E-state index contributed by atoms with van der Waals surface area (Å²) in [5, 5.41) is 13.5. The number of amides is 2. The first-order valence-electron chi connectivity index (χ1n) is 5.72. The van der Waals surface area contributed by atoms with Crippen molar-refractivity contribution in [3.8, 4) is 0 Å². The fraction of sp³-hybridized carbons (Fsp3) is 0.800. The van der Waals surface area contributed by atoms with Gasteiger partial charge in [0.15, 0.2) is 0 Å². The van der Waals surface area contributed by atoms with E-state index in [0.717, 1.165) is 6.26 Å². The smallest absolute Gasteiger partial charge is 0.314 e. The van der Waals surface area contributed by atoms with Crippen molar-refractivity contribution in [3.05, 3.63) is 0 Å². The molecule has 0 radical (unpaired) electrons. The first kappa shape index (κ1) is 16.7. The van der Waals surface area contributed by atoms with E-state index in [9.17, 15) is 18.0 Å². The molecule has 0 spiro atoms. The van der Waals surface area contributed by atoms with Crippen molar-refractivity contribution in [3.63, 3.8) is 0 Å². The molecule has 0 rings (SSSR count). The third-order valence-corrected chi connectivity index (χ3v) is 3.11. The van der Waals surface area contributed by atoms with Crippen LogP contribution in [0.4, 0.5) is 4.79 Å². The topological polar surface area (TPSA) is 113 Å². The van der Waals surface area contributed by atoms with Crippen LogP contribution in [0.25, 0.3) is 0 Å². The van der Waals surface area contributed by atoms with Crippen LogP contribution < -0.4 is 10.6 Å². The molecule has 3 N–H and O–H groups in total. The third kappa shape index (κ3) is 12.8. The second-order valence-corrected chi connectivity index (χ2v) is 6.28. The van der Waals surface area contributed by atoms with Gasteiger partial charge in [-0.2, -0.15) is 0 Å². The molecule has 18 heavy (non-hydrogen) atoms. The van der Waals surface area contributed by atoms with Crippen molar-refractivity contribution in [1.29, 1.82) is 0 Å². The van der Waals surface area contributed by atoms with Crippen LogP contribution in [0, 0.1) is 0 Å². The van der Waals surface area contributed by atoms with Gasteiger partial charge in [-0.3, -0.25) is 4.79 Å². The second kappa shape index (κ2) is 8.73. The van der Waals surface area contributed by atoms with Crippen molar-refractivity contribution < 1.29 is 23.1 Å². The maximum absolute atomic E-state index is 11.2. The number of urea groups is 1. The summed E-state index contributed by atoms with van der Waals surface area (Å²) in [7, 11) is -2.98. The van der Waals surface area contributed by atoms with Crippen LogP contribution in [0.2, 0.25) is 0 Å². The van der Waals surface area contributed by atoms with Gasteiger partial charge in [0.2, 0.25) is 0 Å². The highest BCUT2D eigenvalue weighted by molar-refractivity contribution is 7.90. The molecule has 0 aromatic carbocycles. The fourth-order valence-corrected chi connectivity index (χ4v) is 1.87. The Kier molecular flexibility index (Phi) is 8.10. The van der Waals surface area contributed by atoms with Crippen LogP contribution in [0.1, 0.15) is 25.7 Å². The molecule has 0 aromatic heterocycles. The molecule has 0 fully saturated rings. The monoisotopic (exact) mass is 280 g/mol. The van der Waals surface area contributed by atoms with E-state index < -0.39 is 15.8 Å². The van der Waals surface area contributed by atoms with Crippen LogP contribution in [-0.2, 0) is 14.6 Å². The maximum atomic E-state index is 11.2. The Morgan fingerprint density at radius 3 is 2.11 bits per heavy atom. The number of unbranched alkanes of at least 4 members (excludes halogenated alkanes) is 1.